The van der Waals surface area contributed by atoms with Gasteiger partial charge in [-0.25, -0.2) is 0 Å². The molecule has 0 spiro atoms. The molecule has 1 aromatic heterocycles. The van der Waals surface area contributed by atoms with Crippen molar-refractivity contribution < 1.29 is 4.79 Å². The number of nitrogens with one attached hydrogen (secondary N) is 1. The van der Waals surface area contributed by atoms with Crippen LogP contribution >= 0.6 is 0 Å². The fraction of sp³-hybridized carbons (Fsp3) is 0.538. The average Bonchev–Trinajstić information content (AvgIpc) is 2.30. The van der Waals surface area contributed by atoms with Crippen molar-refractivity contribution in [3.63, 3.8) is 0 Å². The van der Waals surface area contributed by atoms with Gasteiger partial charge in [-0.3, -0.25) is 9.78 Å². The number of aromatic nitrogens is 1. The van der Waals surface area contributed by atoms with E-state index in [1.54, 1.807) is 12.3 Å². The predicted molar refractivity (Wildman–Crippen MR) is 65.3 cm³/mol. The van der Waals surface area contributed by atoms with Crippen molar-refractivity contribution in [3.8, 4) is 0 Å². The van der Waals surface area contributed by atoms with E-state index in [0.29, 0.717) is 5.69 Å². The van der Waals surface area contributed by atoms with Gasteiger partial charge in [0.1, 0.15) is 5.69 Å². The molecule has 1 N–H and O–H groups in total. The van der Waals surface area contributed by atoms with Crippen molar-refractivity contribution in [2.24, 2.45) is 0 Å². The van der Waals surface area contributed by atoms with Crippen molar-refractivity contribution in [1.82, 2.24) is 10.3 Å². The number of hydrogen-bond acceptors (Lipinski definition) is 2. The van der Waals surface area contributed by atoms with E-state index < -0.39 is 0 Å². The van der Waals surface area contributed by atoms with Crippen LogP contribution in [0.2, 0.25) is 0 Å². The summed E-state index contributed by atoms with van der Waals surface area (Å²) in [6.45, 7) is 4.22. The van der Waals surface area contributed by atoms with Crippen LogP contribution in [0, 0.1) is 0 Å². The number of hydrogen-bond donors (Lipinski definition) is 1. The molecular weight excluding hydrogens is 200 g/mol. The third kappa shape index (κ3) is 4.43. The zero-order chi connectivity index (χ0) is 11.8. The maximum atomic E-state index is 11.7. The summed E-state index contributed by atoms with van der Waals surface area (Å²) in [5.74, 6) is -0.0791. The van der Waals surface area contributed by atoms with Gasteiger partial charge in [-0.2, -0.15) is 0 Å². The normalized spacial score (nSPS) is 12.1. The Bertz CT molecular complexity index is 311. The minimum absolute atomic E-state index is 0.0791. The van der Waals surface area contributed by atoms with Crippen molar-refractivity contribution in [2.45, 2.75) is 45.6 Å². The Morgan fingerprint density at radius 2 is 2.25 bits per heavy atom. The van der Waals surface area contributed by atoms with Crippen LogP contribution in [0.5, 0.6) is 0 Å². The molecule has 0 radical (unpaired) electrons. The van der Waals surface area contributed by atoms with E-state index in [2.05, 4.69) is 17.2 Å². The topological polar surface area (TPSA) is 42.0 Å². The zero-order valence-electron chi connectivity index (χ0n) is 10.1. The van der Waals surface area contributed by atoms with Crippen LogP contribution in [0.4, 0.5) is 0 Å². The highest BCUT2D eigenvalue weighted by molar-refractivity contribution is 5.92. The highest BCUT2D eigenvalue weighted by atomic mass is 16.1. The van der Waals surface area contributed by atoms with Gasteiger partial charge in [0.05, 0.1) is 0 Å². The van der Waals surface area contributed by atoms with Crippen LogP contribution in [0.15, 0.2) is 24.4 Å². The first-order chi connectivity index (χ1) is 7.74. The molecule has 1 unspecified atom stereocenters. The van der Waals surface area contributed by atoms with Crippen molar-refractivity contribution >= 4 is 5.91 Å². The lowest BCUT2D eigenvalue weighted by Gasteiger charge is -2.12. The Morgan fingerprint density at radius 1 is 1.44 bits per heavy atom. The molecule has 0 aliphatic carbocycles. The monoisotopic (exact) mass is 220 g/mol. The van der Waals surface area contributed by atoms with Gasteiger partial charge in [0.25, 0.3) is 5.91 Å². The maximum absolute atomic E-state index is 11.7. The molecule has 0 aliphatic heterocycles. The van der Waals surface area contributed by atoms with Gasteiger partial charge < -0.3 is 5.32 Å². The standard InChI is InChI=1S/C13H20N2O/c1-3-4-5-8-11(2)15-13(16)12-9-6-7-10-14-12/h6-7,9-11H,3-5,8H2,1-2H3,(H,15,16). The summed E-state index contributed by atoms with van der Waals surface area (Å²) in [6.07, 6.45) is 6.27. The molecule has 0 saturated heterocycles. The zero-order valence-corrected chi connectivity index (χ0v) is 10.1. The van der Waals surface area contributed by atoms with E-state index in [0.717, 1.165) is 6.42 Å². The van der Waals surface area contributed by atoms with Gasteiger partial charge in [-0.1, -0.05) is 32.3 Å². The first-order valence-corrected chi connectivity index (χ1v) is 5.96. The van der Waals surface area contributed by atoms with Crippen LogP contribution in [-0.2, 0) is 0 Å². The number of rotatable bonds is 6. The van der Waals surface area contributed by atoms with E-state index >= 15 is 0 Å². The maximum Gasteiger partial charge on any atom is 0.270 e. The summed E-state index contributed by atoms with van der Waals surface area (Å²) < 4.78 is 0. The minimum atomic E-state index is -0.0791. The third-order valence-corrected chi connectivity index (χ3v) is 2.52. The van der Waals surface area contributed by atoms with Crippen LogP contribution in [0.25, 0.3) is 0 Å². The molecule has 88 valence electrons. The molecule has 3 nitrogen and oxygen atoms in total. The molecule has 16 heavy (non-hydrogen) atoms. The number of amides is 1. The largest absolute Gasteiger partial charge is 0.348 e. The summed E-state index contributed by atoms with van der Waals surface area (Å²) in [6, 6.07) is 5.58. The van der Waals surface area contributed by atoms with E-state index in [1.807, 2.05) is 19.1 Å². The molecule has 0 fully saturated rings. The lowest BCUT2D eigenvalue weighted by atomic mass is 10.1. The highest BCUT2D eigenvalue weighted by Crippen LogP contribution is 2.03. The van der Waals surface area contributed by atoms with E-state index in [9.17, 15) is 4.79 Å². The Morgan fingerprint density at radius 3 is 2.88 bits per heavy atom. The van der Waals surface area contributed by atoms with Crippen molar-refractivity contribution in [3.05, 3.63) is 30.1 Å². The molecule has 3 heteroatoms. The Hall–Kier alpha value is -1.38. The number of carbonyl (C=O) groups is 1. The first-order valence-electron chi connectivity index (χ1n) is 5.96. The van der Waals surface area contributed by atoms with Gasteiger partial charge in [0.15, 0.2) is 0 Å². The summed E-state index contributed by atoms with van der Waals surface area (Å²) in [4.78, 5) is 15.7. The van der Waals surface area contributed by atoms with Gasteiger partial charge in [0.2, 0.25) is 0 Å². The number of nitrogens with zero attached hydrogens (tertiary/aromatic N) is 1. The van der Waals surface area contributed by atoms with Gasteiger partial charge >= 0.3 is 0 Å². The lowest BCUT2D eigenvalue weighted by Crippen LogP contribution is -2.32. The highest BCUT2D eigenvalue weighted by Gasteiger charge is 2.09. The molecular formula is C13H20N2O. The van der Waals surface area contributed by atoms with Crippen LogP contribution in [0.3, 0.4) is 0 Å². The second-order valence-corrected chi connectivity index (χ2v) is 4.09. The number of carbonyl (C=O) groups excluding carboxylic acids is 1. The minimum Gasteiger partial charge on any atom is -0.348 e. The molecule has 1 aromatic rings. The first kappa shape index (κ1) is 12.7. The van der Waals surface area contributed by atoms with Crippen LogP contribution < -0.4 is 5.32 Å². The van der Waals surface area contributed by atoms with Crippen LogP contribution in [-0.4, -0.2) is 16.9 Å². The molecule has 1 amide bonds. The second kappa shape index (κ2) is 6.99. The SMILES string of the molecule is CCCCCC(C)NC(=O)c1ccccn1. The van der Waals surface area contributed by atoms with E-state index in [4.69, 9.17) is 0 Å². The lowest BCUT2D eigenvalue weighted by molar-refractivity contribution is 0.0933. The quantitative estimate of drug-likeness (QED) is 0.749. The molecule has 0 aromatic carbocycles. The van der Waals surface area contributed by atoms with E-state index in [-0.39, 0.29) is 11.9 Å². The number of unbranched alkanes of at least 4 members (excludes halogenated alkanes) is 2. The second-order valence-electron chi connectivity index (χ2n) is 4.09. The summed E-state index contributed by atoms with van der Waals surface area (Å²) in [5.41, 5.74) is 0.491. The number of pyridine rings is 1. The Labute approximate surface area is 97.3 Å². The fourth-order valence-electron chi connectivity index (χ4n) is 1.57. The molecule has 1 atom stereocenters. The third-order valence-electron chi connectivity index (χ3n) is 2.52. The summed E-state index contributed by atoms with van der Waals surface area (Å²) >= 11 is 0. The van der Waals surface area contributed by atoms with Gasteiger partial charge in [-0.05, 0) is 25.5 Å². The van der Waals surface area contributed by atoms with Gasteiger partial charge in [0, 0.05) is 12.2 Å². The fourth-order valence-corrected chi connectivity index (χ4v) is 1.57. The Kier molecular flexibility index (Phi) is 5.54. The molecule has 1 heterocycles. The molecule has 0 saturated carbocycles. The molecule has 0 aliphatic rings. The van der Waals surface area contributed by atoms with E-state index in [1.165, 1.54) is 19.3 Å². The van der Waals surface area contributed by atoms with Gasteiger partial charge in [-0.15, -0.1) is 0 Å². The summed E-state index contributed by atoms with van der Waals surface area (Å²) in [5, 5.41) is 2.95. The summed E-state index contributed by atoms with van der Waals surface area (Å²) in [7, 11) is 0. The smallest absolute Gasteiger partial charge is 0.270 e. The van der Waals surface area contributed by atoms with Crippen molar-refractivity contribution in [1.29, 1.82) is 0 Å². The van der Waals surface area contributed by atoms with Crippen LogP contribution in [0.1, 0.15) is 50.0 Å². The average molecular weight is 220 g/mol. The predicted octanol–water partition coefficient (Wildman–Crippen LogP) is 2.78. The van der Waals surface area contributed by atoms with Crippen molar-refractivity contribution in [2.75, 3.05) is 0 Å². The molecule has 0 bridgehead atoms. The Balaban J connectivity index is 2.34. The molecule has 1 rings (SSSR count).